The molecule has 74 valence electrons. The highest BCUT2D eigenvalue weighted by Gasteiger charge is 2.20. The van der Waals surface area contributed by atoms with Crippen LogP contribution in [0.15, 0.2) is 11.0 Å². The molecule has 0 aromatic carbocycles. The van der Waals surface area contributed by atoms with Crippen LogP contribution in [0, 0.1) is 0 Å². The summed E-state index contributed by atoms with van der Waals surface area (Å²) in [5.41, 5.74) is 0.872. The molecule has 0 fully saturated rings. The van der Waals surface area contributed by atoms with E-state index < -0.39 is 0 Å². The first-order valence-electron chi connectivity index (χ1n) is 4.64. The Morgan fingerprint density at radius 3 is 2.15 bits per heavy atom. The Morgan fingerprint density at radius 1 is 1.38 bits per heavy atom. The van der Waals surface area contributed by atoms with Crippen LogP contribution < -0.4 is 5.56 Å². The Morgan fingerprint density at radius 2 is 1.92 bits per heavy atom. The SMILES string of the molecule is CC(C)n1[nH]cc(C(C)(C)C)c1=O. The number of nitrogens with zero attached hydrogens (tertiary/aromatic N) is 1. The van der Waals surface area contributed by atoms with Crippen LogP contribution in [0.2, 0.25) is 0 Å². The Balaban J connectivity index is 3.23. The fourth-order valence-electron chi connectivity index (χ4n) is 1.31. The molecule has 0 saturated carbocycles. The van der Waals surface area contributed by atoms with Crippen molar-refractivity contribution >= 4 is 0 Å². The molecule has 0 aliphatic heterocycles. The number of aromatic amines is 1. The van der Waals surface area contributed by atoms with Crippen molar-refractivity contribution < 1.29 is 0 Å². The van der Waals surface area contributed by atoms with Gasteiger partial charge in [0.25, 0.3) is 5.56 Å². The second-order valence-corrected chi connectivity index (χ2v) is 4.71. The van der Waals surface area contributed by atoms with Crippen LogP contribution in [0.5, 0.6) is 0 Å². The highest BCUT2D eigenvalue weighted by Crippen LogP contribution is 2.18. The third-order valence-corrected chi connectivity index (χ3v) is 2.12. The molecule has 0 bridgehead atoms. The normalized spacial score (nSPS) is 12.5. The van der Waals surface area contributed by atoms with Gasteiger partial charge in [0.1, 0.15) is 0 Å². The molecule has 1 heterocycles. The molecule has 0 atom stereocenters. The standard InChI is InChI=1S/C10H18N2O/c1-7(2)12-9(13)8(6-11-12)10(3,4)5/h6-7,11H,1-5H3. The van der Waals surface area contributed by atoms with Gasteiger partial charge in [0.2, 0.25) is 0 Å². The van der Waals surface area contributed by atoms with Crippen LogP contribution in [0.4, 0.5) is 0 Å². The summed E-state index contributed by atoms with van der Waals surface area (Å²) in [6.07, 6.45) is 1.81. The summed E-state index contributed by atoms with van der Waals surface area (Å²) in [5, 5.41) is 2.98. The van der Waals surface area contributed by atoms with E-state index in [1.165, 1.54) is 0 Å². The third kappa shape index (κ3) is 1.85. The van der Waals surface area contributed by atoms with Gasteiger partial charge in [-0.3, -0.25) is 9.48 Å². The average molecular weight is 182 g/mol. The van der Waals surface area contributed by atoms with E-state index in [4.69, 9.17) is 0 Å². The van der Waals surface area contributed by atoms with E-state index in [0.717, 1.165) is 5.56 Å². The number of rotatable bonds is 1. The first kappa shape index (κ1) is 10.1. The van der Waals surface area contributed by atoms with E-state index in [1.54, 1.807) is 4.68 Å². The Bertz CT molecular complexity index is 339. The molecule has 0 aliphatic rings. The smallest absolute Gasteiger partial charge is 0.270 e. The monoisotopic (exact) mass is 182 g/mol. The molecule has 0 amide bonds. The Kier molecular flexibility index (Phi) is 2.37. The van der Waals surface area contributed by atoms with E-state index in [2.05, 4.69) is 5.10 Å². The molecular formula is C10H18N2O. The number of nitrogens with one attached hydrogen (secondary N) is 1. The van der Waals surface area contributed by atoms with Gasteiger partial charge in [-0.25, -0.2) is 0 Å². The molecule has 0 aliphatic carbocycles. The van der Waals surface area contributed by atoms with E-state index >= 15 is 0 Å². The van der Waals surface area contributed by atoms with Gasteiger partial charge in [0.05, 0.1) is 0 Å². The number of aromatic nitrogens is 2. The summed E-state index contributed by atoms with van der Waals surface area (Å²) >= 11 is 0. The van der Waals surface area contributed by atoms with Crippen molar-refractivity contribution in [2.24, 2.45) is 0 Å². The summed E-state index contributed by atoms with van der Waals surface area (Å²) in [7, 11) is 0. The molecule has 1 aromatic rings. The molecular weight excluding hydrogens is 164 g/mol. The van der Waals surface area contributed by atoms with Crippen LogP contribution in [0.25, 0.3) is 0 Å². The molecule has 0 radical (unpaired) electrons. The van der Waals surface area contributed by atoms with Crippen LogP contribution in [0.3, 0.4) is 0 Å². The molecule has 3 heteroatoms. The minimum absolute atomic E-state index is 0.0757. The zero-order valence-electron chi connectivity index (χ0n) is 9.01. The highest BCUT2D eigenvalue weighted by atomic mass is 16.1. The van der Waals surface area contributed by atoms with Gasteiger partial charge in [-0.15, -0.1) is 0 Å². The van der Waals surface area contributed by atoms with Gasteiger partial charge in [0, 0.05) is 17.8 Å². The summed E-state index contributed by atoms with van der Waals surface area (Å²) in [5.74, 6) is 0. The van der Waals surface area contributed by atoms with Gasteiger partial charge in [-0.2, -0.15) is 0 Å². The first-order valence-corrected chi connectivity index (χ1v) is 4.64. The van der Waals surface area contributed by atoms with Crippen LogP contribution >= 0.6 is 0 Å². The van der Waals surface area contributed by atoms with Crippen molar-refractivity contribution in [1.29, 1.82) is 0 Å². The summed E-state index contributed by atoms with van der Waals surface area (Å²) in [6.45, 7) is 10.1. The van der Waals surface area contributed by atoms with Crippen LogP contribution in [0.1, 0.15) is 46.2 Å². The summed E-state index contributed by atoms with van der Waals surface area (Å²) in [6, 6.07) is 0.198. The first-order chi connectivity index (χ1) is 5.84. The largest absolute Gasteiger partial charge is 0.302 e. The summed E-state index contributed by atoms with van der Waals surface area (Å²) < 4.78 is 1.65. The predicted octanol–water partition coefficient (Wildman–Crippen LogP) is 2.05. The van der Waals surface area contributed by atoms with Crippen LogP contribution in [-0.4, -0.2) is 9.78 Å². The maximum absolute atomic E-state index is 11.8. The Labute approximate surface area is 78.8 Å². The lowest BCUT2D eigenvalue weighted by atomic mass is 9.89. The van der Waals surface area contributed by atoms with Crippen molar-refractivity contribution in [3.8, 4) is 0 Å². The molecule has 0 unspecified atom stereocenters. The van der Waals surface area contributed by atoms with E-state index in [9.17, 15) is 4.79 Å². The van der Waals surface area contributed by atoms with Gasteiger partial charge in [0.15, 0.2) is 0 Å². The van der Waals surface area contributed by atoms with Crippen LogP contribution in [-0.2, 0) is 5.41 Å². The molecule has 3 nitrogen and oxygen atoms in total. The molecule has 0 saturated heterocycles. The number of hydrogen-bond acceptors (Lipinski definition) is 1. The van der Waals surface area contributed by atoms with E-state index in [-0.39, 0.29) is 17.0 Å². The van der Waals surface area contributed by atoms with E-state index in [1.807, 2.05) is 40.8 Å². The van der Waals surface area contributed by atoms with Crippen molar-refractivity contribution in [1.82, 2.24) is 9.78 Å². The van der Waals surface area contributed by atoms with Gasteiger partial charge in [-0.05, 0) is 19.3 Å². The van der Waals surface area contributed by atoms with Crippen molar-refractivity contribution in [3.05, 3.63) is 22.1 Å². The number of hydrogen-bond donors (Lipinski definition) is 1. The predicted molar refractivity (Wildman–Crippen MR) is 54.1 cm³/mol. The van der Waals surface area contributed by atoms with Gasteiger partial charge < -0.3 is 5.10 Å². The number of H-pyrrole nitrogens is 1. The molecule has 1 rings (SSSR count). The minimum atomic E-state index is -0.0757. The van der Waals surface area contributed by atoms with E-state index in [0.29, 0.717) is 0 Å². The van der Waals surface area contributed by atoms with Gasteiger partial charge in [-0.1, -0.05) is 20.8 Å². The lowest BCUT2D eigenvalue weighted by Gasteiger charge is -2.14. The fraction of sp³-hybridized carbons (Fsp3) is 0.700. The molecule has 0 spiro atoms. The molecule has 1 aromatic heterocycles. The van der Waals surface area contributed by atoms with Crippen molar-refractivity contribution in [3.63, 3.8) is 0 Å². The maximum Gasteiger partial charge on any atom is 0.270 e. The van der Waals surface area contributed by atoms with Crippen molar-refractivity contribution in [2.75, 3.05) is 0 Å². The molecule has 13 heavy (non-hydrogen) atoms. The zero-order valence-corrected chi connectivity index (χ0v) is 9.01. The van der Waals surface area contributed by atoms with Crippen molar-refractivity contribution in [2.45, 2.75) is 46.1 Å². The fourth-order valence-corrected chi connectivity index (χ4v) is 1.31. The second kappa shape index (κ2) is 3.05. The third-order valence-electron chi connectivity index (χ3n) is 2.12. The average Bonchev–Trinajstić information content (AvgIpc) is 2.28. The topological polar surface area (TPSA) is 37.8 Å². The quantitative estimate of drug-likeness (QED) is 0.709. The second-order valence-electron chi connectivity index (χ2n) is 4.71. The maximum atomic E-state index is 11.8. The lowest BCUT2D eigenvalue weighted by Crippen LogP contribution is -2.26. The van der Waals surface area contributed by atoms with Gasteiger partial charge >= 0.3 is 0 Å². The minimum Gasteiger partial charge on any atom is -0.302 e. The highest BCUT2D eigenvalue weighted by molar-refractivity contribution is 5.15. The Hall–Kier alpha value is -0.990. The lowest BCUT2D eigenvalue weighted by molar-refractivity contribution is 0.509. The summed E-state index contributed by atoms with van der Waals surface area (Å²) in [4.78, 5) is 11.8. The molecule has 1 N–H and O–H groups in total. The zero-order chi connectivity index (χ0) is 10.2.